The monoisotopic (exact) mass is 236 g/mol. The number of hydrogen-bond acceptors (Lipinski definition) is 2. The molecule has 2 heteroatoms. The molecule has 0 radical (unpaired) electrons. The first-order chi connectivity index (χ1) is 7.97. The summed E-state index contributed by atoms with van der Waals surface area (Å²) in [6.45, 7) is 7.90. The van der Waals surface area contributed by atoms with Gasteiger partial charge >= 0.3 is 0 Å². The van der Waals surface area contributed by atoms with E-state index in [0.717, 1.165) is 31.1 Å². The third-order valence-corrected chi connectivity index (χ3v) is 2.79. The highest BCUT2D eigenvalue weighted by Crippen LogP contribution is 2.11. The van der Waals surface area contributed by atoms with Crippen LogP contribution in [-0.4, -0.2) is 12.1 Å². The Labute approximate surface area is 105 Å². The van der Waals surface area contributed by atoms with Crippen molar-refractivity contribution in [3.8, 4) is 0 Å². The van der Waals surface area contributed by atoms with Gasteiger partial charge in [-0.15, -0.1) is 0 Å². The Bertz CT molecular complexity index is 309. The van der Waals surface area contributed by atoms with E-state index in [0.29, 0.717) is 12.2 Å². The molecule has 0 aliphatic rings. The lowest BCUT2D eigenvalue weighted by Crippen LogP contribution is -2.06. The molecule has 0 aliphatic carbocycles. The lowest BCUT2D eigenvalue weighted by atomic mass is 10.0. The third kappa shape index (κ3) is 8.61. The Kier molecular flexibility index (Phi) is 8.29. The number of carbonyl (C=O) groups is 2. The molecule has 0 aromatic rings. The maximum absolute atomic E-state index is 11.4. The van der Waals surface area contributed by atoms with Crippen LogP contribution in [0.3, 0.4) is 0 Å². The fourth-order valence-electron chi connectivity index (χ4n) is 1.46. The minimum absolute atomic E-state index is 0.139. The van der Waals surface area contributed by atoms with Gasteiger partial charge in [-0.05, 0) is 39.2 Å². The van der Waals surface area contributed by atoms with E-state index in [1.54, 1.807) is 6.08 Å². The summed E-state index contributed by atoms with van der Waals surface area (Å²) >= 11 is 0. The van der Waals surface area contributed by atoms with Gasteiger partial charge in [0, 0.05) is 12.3 Å². The Hall–Kier alpha value is -1.18. The van der Waals surface area contributed by atoms with Crippen molar-refractivity contribution in [1.29, 1.82) is 0 Å². The molecule has 0 saturated carbocycles. The van der Waals surface area contributed by atoms with Crippen LogP contribution in [0.2, 0.25) is 0 Å². The van der Waals surface area contributed by atoms with Gasteiger partial charge in [-0.3, -0.25) is 9.59 Å². The second kappa shape index (κ2) is 8.91. The van der Waals surface area contributed by atoms with Gasteiger partial charge in [-0.2, -0.15) is 0 Å². The molecule has 0 fully saturated rings. The van der Waals surface area contributed by atoms with Crippen molar-refractivity contribution in [3.05, 3.63) is 23.3 Å². The molecule has 0 aromatic heterocycles. The van der Waals surface area contributed by atoms with Crippen LogP contribution in [0.15, 0.2) is 23.3 Å². The molecule has 96 valence electrons. The van der Waals surface area contributed by atoms with Gasteiger partial charge in [-0.25, -0.2) is 0 Å². The second-order valence-corrected chi connectivity index (χ2v) is 4.86. The van der Waals surface area contributed by atoms with E-state index < -0.39 is 0 Å². The average Bonchev–Trinajstić information content (AvgIpc) is 2.26. The largest absolute Gasteiger partial charge is 0.299 e. The van der Waals surface area contributed by atoms with Crippen molar-refractivity contribution in [3.63, 3.8) is 0 Å². The molecule has 0 aliphatic heterocycles. The summed E-state index contributed by atoms with van der Waals surface area (Å²) in [4.78, 5) is 21.7. The van der Waals surface area contributed by atoms with Crippen molar-refractivity contribution in [2.45, 2.75) is 53.4 Å². The lowest BCUT2D eigenvalue weighted by molar-refractivity contribution is -0.121. The minimum Gasteiger partial charge on any atom is -0.299 e. The smallest absolute Gasteiger partial charge is 0.142 e. The summed E-state index contributed by atoms with van der Waals surface area (Å²) in [5, 5.41) is 0. The number of allylic oxidation sites excluding steroid dienone is 4. The first-order valence-electron chi connectivity index (χ1n) is 6.26. The van der Waals surface area contributed by atoms with E-state index in [1.165, 1.54) is 5.57 Å². The zero-order valence-electron chi connectivity index (χ0n) is 11.5. The van der Waals surface area contributed by atoms with Gasteiger partial charge in [0.15, 0.2) is 0 Å². The molecule has 17 heavy (non-hydrogen) atoms. The SMILES string of the molecule is C/C(=C\C=O)CC/C=C(\C)CCC(=O)C(C)C. The molecule has 0 N–H and O–H groups in total. The van der Waals surface area contributed by atoms with Crippen LogP contribution >= 0.6 is 0 Å². The Morgan fingerprint density at radius 3 is 2.24 bits per heavy atom. The lowest BCUT2D eigenvalue weighted by Gasteiger charge is -2.04. The molecule has 0 spiro atoms. The van der Waals surface area contributed by atoms with Gasteiger partial charge in [0.25, 0.3) is 0 Å². The van der Waals surface area contributed by atoms with E-state index in [9.17, 15) is 9.59 Å². The molecule has 2 nitrogen and oxygen atoms in total. The van der Waals surface area contributed by atoms with Crippen molar-refractivity contribution in [2.75, 3.05) is 0 Å². The maximum atomic E-state index is 11.4. The summed E-state index contributed by atoms with van der Waals surface area (Å²) in [6, 6.07) is 0. The predicted octanol–water partition coefficient (Wildman–Crippen LogP) is 3.86. The quantitative estimate of drug-likeness (QED) is 0.364. The molecule has 0 heterocycles. The van der Waals surface area contributed by atoms with Gasteiger partial charge < -0.3 is 0 Å². The van der Waals surface area contributed by atoms with Crippen LogP contribution < -0.4 is 0 Å². The van der Waals surface area contributed by atoms with Crippen LogP contribution in [0.5, 0.6) is 0 Å². The highest BCUT2D eigenvalue weighted by Gasteiger charge is 2.06. The highest BCUT2D eigenvalue weighted by atomic mass is 16.1. The Morgan fingerprint density at radius 2 is 1.71 bits per heavy atom. The summed E-state index contributed by atoms with van der Waals surface area (Å²) < 4.78 is 0. The Balaban J connectivity index is 3.91. The fourth-order valence-corrected chi connectivity index (χ4v) is 1.46. The normalized spacial score (nSPS) is 13.0. The maximum Gasteiger partial charge on any atom is 0.142 e. The van der Waals surface area contributed by atoms with Gasteiger partial charge in [0.05, 0.1) is 0 Å². The molecular formula is C15H24O2. The molecule has 0 saturated heterocycles. The molecule has 0 aromatic carbocycles. The number of carbonyl (C=O) groups excluding carboxylic acids is 2. The van der Waals surface area contributed by atoms with Crippen molar-refractivity contribution in [2.24, 2.45) is 5.92 Å². The summed E-state index contributed by atoms with van der Waals surface area (Å²) in [7, 11) is 0. The van der Waals surface area contributed by atoms with Gasteiger partial charge in [0.2, 0.25) is 0 Å². The van der Waals surface area contributed by atoms with E-state index >= 15 is 0 Å². The van der Waals surface area contributed by atoms with Crippen molar-refractivity contribution < 1.29 is 9.59 Å². The first-order valence-corrected chi connectivity index (χ1v) is 6.26. The summed E-state index contributed by atoms with van der Waals surface area (Å²) in [6.07, 6.45) is 7.94. The van der Waals surface area contributed by atoms with Gasteiger partial charge in [-0.1, -0.05) is 31.1 Å². The van der Waals surface area contributed by atoms with Crippen LogP contribution in [0, 0.1) is 5.92 Å². The van der Waals surface area contributed by atoms with Crippen LogP contribution in [0.1, 0.15) is 53.4 Å². The standard InChI is InChI=1S/C15H24O2/c1-12(2)15(17)9-8-13(3)6-5-7-14(4)10-11-16/h6,10-12H,5,7-9H2,1-4H3/b13-6+,14-10+. The second-order valence-electron chi connectivity index (χ2n) is 4.86. The van der Waals surface area contributed by atoms with Crippen LogP contribution in [0.4, 0.5) is 0 Å². The van der Waals surface area contributed by atoms with Crippen molar-refractivity contribution in [1.82, 2.24) is 0 Å². The van der Waals surface area contributed by atoms with E-state index in [2.05, 4.69) is 13.0 Å². The van der Waals surface area contributed by atoms with E-state index in [4.69, 9.17) is 0 Å². The zero-order valence-corrected chi connectivity index (χ0v) is 11.5. The Morgan fingerprint density at radius 1 is 1.06 bits per heavy atom. The minimum atomic E-state index is 0.139. The van der Waals surface area contributed by atoms with Crippen molar-refractivity contribution >= 4 is 12.1 Å². The zero-order chi connectivity index (χ0) is 13.3. The summed E-state index contributed by atoms with van der Waals surface area (Å²) in [5.41, 5.74) is 2.36. The molecule has 0 rings (SSSR count). The predicted molar refractivity (Wildman–Crippen MR) is 71.9 cm³/mol. The number of ketones is 1. The van der Waals surface area contributed by atoms with E-state index in [-0.39, 0.29) is 5.92 Å². The fraction of sp³-hybridized carbons (Fsp3) is 0.600. The highest BCUT2D eigenvalue weighted by molar-refractivity contribution is 5.80. The van der Waals surface area contributed by atoms with Crippen LogP contribution in [-0.2, 0) is 9.59 Å². The molecule has 0 bridgehead atoms. The van der Waals surface area contributed by atoms with E-state index in [1.807, 2.05) is 20.8 Å². The van der Waals surface area contributed by atoms with Crippen LogP contribution in [0.25, 0.3) is 0 Å². The molecule has 0 unspecified atom stereocenters. The first kappa shape index (κ1) is 15.8. The third-order valence-electron chi connectivity index (χ3n) is 2.79. The molecule has 0 amide bonds. The molecular weight excluding hydrogens is 212 g/mol. The summed E-state index contributed by atoms with van der Waals surface area (Å²) in [5.74, 6) is 0.468. The average molecular weight is 236 g/mol. The number of Topliss-reactive ketones (excluding diaryl/α,β-unsaturated/α-hetero) is 1. The topological polar surface area (TPSA) is 34.1 Å². The molecule has 0 atom stereocenters. The number of aldehydes is 1. The number of rotatable bonds is 8. The van der Waals surface area contributed by atoms with Gasteiger partial charge in [0.1, 0.15) is 12.1 Å². The number of hydrogen-bond donors (Lipinski definition) is 0.